The number of allylic oxidation sites excluding steroid dienone is 1. The molecule has 3 fully saturated rings. The third-order valence-electron chi connectivity index (χ3n) is 8.91. The Kier molecular flexibility index (Phi) is 10.9. The van der Waals surface area contributed by atoms with E-state index in [0.717, 1.165) is 30.7 Å². The Labute approximate surface area is 272 Å². The van der Waals surface area contributed by atoms with Crippen molar-refractivity contribution >= 4 is 32.3 Å². The van der Waals surface area contributed by atoms with Crippen molar-refractivity contribution in [3.05, 3.63) is 58.6 Å². The number of thiophene rings is 1. The molecule has 6 rings (SSSR count). The molecule has 12 heteroatoms. The van der Waals surface area contributed by atoms with Crippen LogP contribution in [0.3, 0.4) is 0 Å². The van der Waals surface area contributed by atoms with Crippen LogP contribution in [0.25, 0.3) is 21.3 Å². The topological polar surface area (TPSA) is 100 Å². The van der Waals surface area contributed by atoms with Crippen LogP contribution in [0.5, 0.6) is 0 Å². The molecule has 3 saturated heterocycles. The molecule has 2 N–H and O–H groups in total. The second-order valence-corrected chi connectivity index (χ2v) is 12.9. The SMILES string of the molecule is CC/C=C(/N=C(\c1cnc(-c2ccc(F)c3sc(N)c(C#N)c23)c(F)c1C)N1CCOCCC1C)OC.FC1CC2CCCN2C1. The molecule has 0 aliphatic carbocycles. The number of pyridine rings is 1. The first-order valence-electron chi connectivity index (χ1n) is 15.8. The lowest BCUT2D eigenvalue weighted by atomic mass is 9.99. The van der Waals surface area contributed by atoms with Crippen molar-refractivity contribution in [2.45, 2.75) is 71.1 Å². The minimum Gasteiger partial charge on any atom is -0.481 e. The first kappa shape index (κ1) is 33.7. The summed E-state index contributed by atoms with van der Waals surface area (Å²) in [6.07, 6.45) is 7.74. The highest BCUT2D eigenvalue weighted by atomic mass is 32.1. The van der Waals surface area contributed by atoms with Crippen LogP contribution in [-0.4, -0.2) is 78.8 Å². The molecule has 46 heavy (non-hydrogen) atoms. The molecule has 2 aromatic heterocycles. The second kappa shape index (κ2) is 14.8. The zero-order valence-electron chi connectivity index (χ0n) is 26.8. The average molecular weight is 655 g/mol. The number of amidine groups is 1. The summed E-state index contributed by atoms with van der Waals surface area (Å²) < 4.78 is 54.6. The maximum atomic E-state index is 16.1. The van der Waals surface area contributed by atoms with Gasteiger partial charge in [-0.1, -0.05) is 6.92 Å². The van der Waals surface area contributed by atoms with Gasteiger partial charge in [-0.2, -0.15) is 10.3 Å². The number of nitrogen functional groups attached to an aromatic ring is 1. The molecule has 0 bridgehead atoms. The third kappa shape index (κ3) is 6.87. The third-order valence-corrected chi connectivity index (χ3v) is 9.94. The molecule has 3 atom stereocenters. The standard InChI is InChI=1S/C27H29F2N5O2S.C7H12FN/c1-5-6-21(35-4)33-27(34-10-12-36-11-9-15(34)2)19-14-32-24(23(29)16(19)3)17-7-8-20(28)25-22(17)18(13-30)26(31)37-25;8-6-4-7-2-1-3-9(7)5-6/h6-8,14-15H,5,9-12,31H2,1-4H3;6-7H,1-5H2/b21-6-,33-27+;. The van der Waals surface area contributed by atoms with Gasteiger partial charge in [-0.25, -0.2) is 13.2 Å². The lowest BCUT2D eigenvalue weighted by Gasteiger charge is -2.31. The summed E-state index contributed by atoms with van der Waals surface area (Å²) in [4.78, 5) is 13.6. The quantitative estimate of drug-likeness (QED) is 0.181. The molecule has 246 valence electrons. The monoisotopic (exact) mass is 654 g/mol. The summed E-state index contributed by atoms with van der Waals surface area (Å²) in [5.41, 5.74) is 7.26. The number of anilines is 1. The number of nitriles is 1. The van der Waals surface area contributed by atoms with Gasteiger partial charge in [0, 0.05) is 54.5 Å². The van der Waals surface area contributed by atoms with Crippen LogP contribution in [0.4, 0.5) is 18.2 Å². The molecule has 0 amide bonds. The van der Waals surface area contributed by atoms with E-state index in [2.05, 4.69) is 21.7 Å². The minimum atomic E-state index is -0.580. The first-order valence-corrected chi connectivity index (χ1v) is 16.6. The number of hydrogen-bond donors (Lipinski definition) is 1. The van der Waals surface area contributed by atoms with E-state index in [4.69, 9.17) is 20.2 Å². The van der Waals surface area contributed by atoms with E-state index in [-0.39, 0.29) is 32.4 Å². The highest BCUT2D eigenvalue weighted by Crippen LogP contribution is 2.41. The van der Waals surface area contributed by atoms with Crippen LogP contribution in [0, 0.1) is 29.9 Å². The first-order chi connectivity index (χ1) is 22.2. The van der Waals surface area contributed by atoms with E-state index in [0.29, 0.717) is 67.2 Å². The fraction of sp³-hybridized carbons (Fsp3) is 0.500. The number of ether oxygens (including phenoxy) is 2. The Morgan fingerprint density at radius 1 is 1.28 bits per heavy atom. The summed E-state index contributed by atoms with van der Waals surface area (Å²) in [6, 6.07) is 5.40. The van der Waals surface area contributed by atoms with E-state index in [9.17, 15) is 14.0 Å². The second-order valence-electron chi connectivity index (χ2n) is 11.9. The van der Waals surface area contributed by atoms with Gasteiger partial charge in [-0.05, 0) is 76.3 Å². The number of benzene rings is 1. The predicted octanol–water partition coefficient (Wildman–Crippen LogP) is 6.95. The van der Waals surface area contributed by atoms with Crippen LogP contribution in [0.15, 0.2) is 35.3 Å². The highest BCUT2D eigenvalue weighted by molar-refractivity contribution is 7.23. The fourth-order valence-electron chi connectivity index (χ4n) is 6.46. The normalized spacial score (nSPS) is 22.3. The van der Waals surface area contributed by atoms with Crippen LogP contribution in [0.1, 0.15) is 62.6 Å². The molecule has 3 aromatic rings. The Balaban J connectivity index is 0.000000393. The Morgan fingerprint density at radius 3 is 2.80 bits per heavy atom. The lowest BCUT2D eigenvalue weighted by Crippen LogP contribution is -2.40. The van der Waals surface area contributed by atoms with E-state index in [1.807, 2.05) is 19.1 Å². The van der Waals surface area contributed by atoms with Crippen molar-refractivity contribution in [2.75, 3.05) is 45.7 Å². The van der Waals surface area contributed by atoms with E-state index in [1.54, 1.807) is 20.2 Å². The van der Waals surface area contributed by atoms with Gasteiger partial charge in [0.15, 0.2) is 5.82 Å². The highest BCUT2D eigenvalue weighted by Gasteiger charge is 2.34. The maximum absolute atomic E-state index is 16.1. The Hall–Kier alpha value is -3.66. The zero-order valence-corrected chi connectivity index (χ0v) is 27.6. The summed E-state index contributed by atoms with van der Waals surface area (Å²) in [5.74, 6) is -0.139. The number of rotatable bonds is 5. The summed E-state index contributed by atoms with van der Waals surface area (Å²) in [6.45, 7) is 9.29. The van der Waals surface area contributed by atoms with Crippen LogP contribution >= 0.6 is 11.3 Å². The van der Waals surface area contributed by atoms with Crippen LogP contribution in [-0.2, 0) is 9.47 Å². The summed E-state index contributed by atoms with van der Waals surface area (Å²) >= 11 is 0.964. The molecule has 0 radical (unpaired) electrons. The average Bonchev–Trinajstić information content (AvgIpc) is 3.67. The van der Waals surface area contributed by atoms with Gasteiger partial charge in [0.05, 0.1) is 24.0 Å². The van der Waals surface area contributed by atoms with Crippen molar-refractivity contribution in [1.82, 2.24) is 14.8 Å². The van der Waals surface area contributed by atoms with Gasteiger partial charge in [0.2, 0.25) is 5.88 Å². The summed E-state index contributed by atoms with van der Waals surface area (Å²) in [7, 11) is 1.55. The fourth-order valence-corrected chi connectivity index (χ4v) is 7.41. The molecule has 0 spiro atoms. The van der Waals surface area contributed by atoms with Gasteiger partial charge in [0.25, 0.3) is 0 Å². The minimum absolute atomic E-state index is 0.0169. The summed E-state index contributed by atoms with van der Waals surface area (Å²) in [5, 5.41) is 10.1. The number of aromatic nitrogens is 1. The maximum Gasteiger partial charge on any atom is 0.210 e. The van der Waals surface area contributed by atoms with Crippen LogP contribution in [0.2, 0.25) is 0 Å². The molecule has 0 saturated carbocycles. The van der Waals surface area contributed by atoms with Gasteiger partial charge in [-0.15, -0.1) is 11.3 Å². The van der Waals surface area contributed by atoms with Crippen molar-refractivity contribution in [2.24, 2.45) is 4.99 Å². The zero-order chi connectivity index (χ0) is 33.0. The Bertz CT molecular complexity index is 1660. The number of nitrogens with two attached hydrogens (primary N) is 1. The van der Waals surface area contributed by atoms with Crippen molar-refractivity contribution < 1.29 is 22.6 Å². The smallest absolute Gasteiger partial charge is 0.210 e. The lowest BCUT2D eigenvalue weighted by molar-refractivity contribution is 0.147. The van der Waals surface area contributed by atoms with Gasteiger partial charge in [0.1, 0.15) is 34.6 Å². The molecule has 5 heterocycles. The number of hydrogen-bond acceptors (Lipinski definition) is 8. The molecule has 1 aromatic carbocycles. The molecule has 3 aliphatic rings. The molecule has 8 nitrogen and oxygen atoms in total. The van der Waals surface area contributed by atoms with Crippen LogP contribution < -0.4 is 5.73 Å². The molecule has 3 unspecified atom stereocenters. The van der Waals surface area contributed by atoms with E-state index < -0.39 is 17.8 Å². The number of methoxy groups -OCH3 is 1. The number of nitrogens with zero attached hydrogens (tertiary/aromatic N) is 5. The molecular formula is C34H41F3N6O2S. The van der Waals surface area contributed by atoms with Crippen molar-refractivity contribution in [1.29, 1.82) is 5.26 Å². The van der Waals surface area contributed by atoms with Crippen molar-refractivity contribution in [3.63, 3.8) is 0 Å². The molecular weight excluding hydrogens is 613 g/mol. The number of alkyl halides is 1. The van der Waals surface area contributed by atoms with E-state index in [1.165, 1.54) is 25.0 Å². The number of fused-ring (bicyclic) bond motifs is 2. The van der Waals surface area contributed by atoms with Gasteiger partial charge >= 0.3 is 0 Å². The number of aliphatic imine (C=N–C) groups is 1. The molecule has 3 aliphatic heterocycles. The van der Waals surface area contributed by atoms with E-state index >= 15 is 4.39 Å². The largest absolute Gasteiger partial charge is 0.481 e. The van der Waals surface area contributed by atoms with Gasteiger partial charge < -0.3 is 20.1 Å². The van der Waals surface area contributed by atoms with Crippen molar-refractivity contribution in [3.8, 4) is 17.3 Å². The predicted molar refractivity (Wildman–Crippen MR) is 176 cm³/mol. The number of halogens is 3. The van der Waals surface area contributed by atoms with Gasteiger partial charge in [-0.3, -0.25) is 9.88 Å². The Morgan fingerprint density at radius 2 is 2.09 bits per heavy atom.